The van der Waals surface area contributed by atoms with Gasteiger partial charge in [0.1, 0.15) is 5.54 Å². The highest BCUT2D eigenvalue weighted by Crippen LogP contribution is 2.36. The van der Waals surface area contributed by atoms with Crippen molar-refractivity contribution < 1.29 is 14.7 Å². The van der Waals surface area contributed by atoms with E-state index >= 15 is 0 Å². The van der Waals surface area contributed by atoms with Gasteiger partial charge < -0.3 is 10.4 Å². The second-order valence-electron chi connectivity index (χ2n) is 7.69. The third-order valence-electron chi connectivity index (χ3n) is 5.63. The molecule has 0 heterocycles. The zero-order valence-electron chi connectivity index (χ0n) is 15.4. The first-order valence-electron chi connectivity index (χ1n) is 8.76. The van der Waals surface area contributed by atoms with E-state index in [9.17, 15) is 14.7 Å². The smallest absolute Gasteiger partial charge is 0.329 e. The summed E-state index contributed by atoms with van der Waals surface area (Å²) in [5.74, 6) is -0.324. The first-order chi connectivity index (χ1) is 11.1. The summed E-state index contributed by atoms with van der Waals surface area (Å²) < 4.78 is 0. The van der Waals surface area contributed by atoms with Gasteiger partial charge in [0.05, 0.1) is 6.42 Å². The van der Waals surface area contributed by atoms with Crippen molar-refractivity contribution >= 4 is 11.9 Å². The highest BCUT2D eigenvalue weighted by atomic mass is 16.4. The van der Waals surface area contributed by atoms with Gasteiger partial charge in [0.25, 0.3) is 0 Å². The molecule has 2 N–H and O–H groups in total. The zero-order valence-corrected chi connectivity index (χ0v) is 15.4. The predicted molar refractivity (Wildman–Crippen MR) is 95.0 cm³/mol. The van der Waals surface area contributed by atoms with Crippen molar-refractivity contribution in [3.05, 3.63) is 34.4 Å². The minimum absolute atomic E-state index is 0.200. The van der Waals surface area contributed by atoms with Gasteiger partial charge >= 0.3 is 5.97 Å². The van der Waals surface area contributed by atoms with Crippen LogP contribution >= 0.6 is 0 Å². The van der Waals surface area contributed by atoms with Crippen LogP contribution < -0.4 is 5.32 Å². The number of carboxylic acids is 1. The number of hydrogen-bond donors (Lipinski definition) is 2. The molecule has 2 rings (SSSR count). The first-order valence-corrected chi connectivity index (χ1v) is 8.76. The van der Waals surface area contributed by atoms with Crippen LogP contribution in [0.1, 0.15) is 55.4 Å². The molecule has 1 aliphatic carbocycles. The molecule has 0 saturated heterocycles. The molecule has 0 spiro atoms. The molecule has 1 fully saturated rings. The second-order valence-corrected chi connectivity index (χ2v) is 7.69. The van der Waals surface area contributed by atoms with Gasteiger partial charge in [0.2, 0.25) is 5.91 Å². The van der Waals surface area contributed by atoms with E-state index in [1.165, 1.54) is 5.56 Å². The minimum Gasteiger partial charge on any atom is -0.480 e. The number of benzene rings is 1. The van der Waals surface area contributed by atoms with Crippen LogP contribution in [0.2, 0.25) is 0 Å². The van der Waals surface area contributed by atoms with Gasteiger partial charge in [0.15, 0.2) is 0 Å². The summed E-state index contributed by atoms with van der Waals surface area (Å²) in [5.41, 5.74) is 3.22. The van der Waals surface area contributed by atoms with E-state index in [1.54, 1.807) is 0 Å². The molecule has 0 bridgehead atoms. The number of aliphatic carboxylic acids is 1. The second kappa shape index (κ2) is 6.96. The van der Waals surface area contributed by atoms with Gasteiger partial charge in [-0.15, -0.1) is 0 Å². The fraction of sp³-hybridized carbons (Fsp3) is 0.600. The normalized spacial score (nSPS) is 26.9. The summed E-state index contributed by atoms with van der Waals surface area (Å²) in [6, 6.07) is 4.12. The quantitative estimate of drug-likeness (QED) is 0.886. The molecule has 132 valence electrons. The van der Waals surface area contributed by atoms with Crippen molar-refractivity contribution in [1.82, 2.24) is 5.32 Å². The van der Waals surface area contributed by atoms with E-state index in [0.717, 1.165) is 23.1 Å². The minimum atomic E-state index is -1.12. The number of rotatable bonds is 4. The Morgan fingerprint density at radius 3 is 2.25 bits per heavy atom. The van der Waals surface area contributed by atoms with Gasteiger partial charge in [-0.25, -0.2) is 4.79 Å². The number of amides is 1. The van der Waals surface area contributed by atoms with Crippen LogP contribution in [0.25, 0.3) is 0 Å². The number of aryl methyl sites for hydroxylation is 3. The Morgan fingerprint density at radius 2 is 1.75 bits per heavy atom. The molecule has 3 unspecified atom stereocenters. The van der Waals surface area contributed by atoms with Crippen molar-refractivity contribution in [2.75, 3.05) is 0 Å². The molecule has 4 nitrogen and oxygen atoms in total. The lowest BCUT2D eigenvalue weighted by Crippen LogP contribution is -2.58. The fourth-order valence-electron chi connectivity index (χ4n) is 3.93. The SMILES string of the molecule is Cc1cc(C)c(CC(=O)NC2(C(=O)O)CCC(C)C(C)C2)c(C)c1. The van der Waals surface area contributed by atoms with Crippen LogP contribution in [-0.2, 0) is 16.0 Å². The molecule has 1 saturated carbocycles. The van der Waals surface area contributed by atoms with Crippen molar-refractivity contribution in [1.29, 1.82) is 0 Å². The molecule has 1 amide bonds. The van der Waals surface area contributed by atoms with Crippen molar-refractivity contribution in [3.63, 3.8) is 0 Å². The third kappa shape index (κ3) is 3.80. The lowest BCUT2D eigenvalue weighted by Gasteiger charge is -2.40. The zero-order chi connectivity index (χ0) is 18.1. The number of hydrogen-bond acceptors (Lipinski definition) is 2. The van der Waals surface area contributed by atoms with Gasteiger partial charge in [-0.2, -0.15) is 0 Å². The molecule has 0 aliphatic heterocycles. The Kier molecular flexibility index (Phi) is 5.36. The third-order valence-corrected chi connectivity index (χ3v) is 5.63. The Labute approximate surface area is 144 Å². The molecule has 3 atom stereocenters. The molecular weight excluding hydrogens is 302 g/mol. The summed E-state index contributed by atoms with van der Waals surface area (Å²) in [4.78, 5) is 24.5. The van der Waals surface area contributed by atoms with Gasteiger partial charge in [-0.05, 0) is 68.6 Å². The Bertz CT molecular complexity index is 629. The van der Waals surface area contributed by atoms with Crippen LogP contribution in [0.15, 0.2) is 12.1 Å². The maximum Gasteiger partial charge on any atom is 0.329 e. The van der Waals surface area contributed by atoms with Gasteiger partial charge in [-0.1, -0.05) is 31.5 Å². The number of carbonyl (C=O) groups is 2. The Balaban J connectivity index is 2.17. The topological polar surface area (TPSA) is 66.4 Å². The molecule has 0 radical (unpaired) electrons. The van der Waals surface area contributed by atoms with Gasteiger partial charge in [0, 0.05) is 0 Å². The lowest BCUT2D eigenvalue weighted by molar-refractivity contribution is -0.150. The summed E-state index contributed by atoms with van der Waals surface area (Å²) in [6.45, 7) is 10.3. The molecule has 1 aliphatic rings. The average Bonchev–Trinajstić information content (AvgIpc) is 2.46. The maximum absolute atomic E-state index is 12.6. The lowest BCUT2D eigenvalue weighted by atomic mass is 9.71. The highest BCUT2D eigenvalue weighted by molar-refractivity contribution is 5.88. The maximum atomic E-state index is 12.6. The Morgan fingerprint density at radius 1 is 1.17 bits per heavy atom. The van der Waals surface area contributed by atoms with E-state index in [1.807, 2.05) is 20.8 Å². The molecule has 1 aromatic carbocycles. The van der Waals surface area contributed by atoms with Crippen LogP contribution in [0.3, 0.4) is 0 Å². The fourth-order valence-corrected chi connectivity index (χ4v) is 3.93. The first kappa shape index (κ1) is 18.5. The average molecular weight is 331 g/mol. The largest absolute Gasteiger partial charge is 0.480 e. The van der Waals surface area contributed by atoms with Crippen LogP contribution in [-0.4, -0.2) is 22.5 Å². The van der Waals surface area contributed by atoms with E-state index in [0.29, 0.717) is 18.8 Å². The number of carboxylic acid groups (broad SMARTS) is 1. The number of nitrogens with one attached hydrogen (secondary N) is 1. The summed E-state index contributed by atoms with van der Waals surface area (Å²) >= 11 is 0. The monoisotopic (exact) mass is 331 g/mol. The molecular formula is C20H29NO3. The summed E-state index contributed by atoms with van der Waals surface area (Å²) in [7, 11) is 0. The van der Waals surface area contributed by atoms with E-state index < -0.39 is 11.5 Å². The van der Waals surface area contributed by atoms with E-state index in [-0.39, 0.29) is 18.2 Å². The van der Waals surface area contributed by atoms with Crippen molar-refractivity contribution in [2.45, 2.75) is 65.8 Å². The standard InChI is InChI=1S/C20H29NO3/c1-12-8-14(3)17(15(4)9-12)10-18(22)21-20(19(23)24)7-6-13(2)16(5)11-20/h8-9,13,16H,6-7,10-11H2,1-5H3,(H,21,22)(H,23,24). The highest BCUT2D eigenvalue weighted by Gasteiger charge is 2.45. The van der Waals surface area contributed by atoms with E-state index in [4.69, 9.17) is 0 Å². The van der Waals surface area contributed by atoms with E-state index in [2.05, 4.69) is 31.3 Å². The van der Waals surface area contributed by atoms with Crippen molar-refractivity contribution in [2.24, 2.45) is 11.8 Å². The molecule has 24 heavy (non-hydrogen) atoms. The molecule has 4 heteroatoms. The summed E-state index contributed by atoms with van der Waals surface area (Å²) in [5, 5.41) is 12.6. The Hall–Kier alpha value is -1.84. The molecule has 0 aromatic heterocycles. The van der Waals surface area contributed by atoms with Gasteiger partial charge in [-0.3, -0.25) is 4.79 Å². The number of carbonyl (C=O) groups excluding carboxylic acids is 1. The molecule has 1 aromatic rings. The van der Waals surface area contributed by atoms with Crippen molar-refractivity contribution in [3.8, 4) is 0 Å². The summed E-state index contributed by atoms with van der Waals surface area (Å²) in [6.07, 6.45) is 2.07. The van der Waals surface area contributed by atoms with Crippen LogP contribution in [0, 0.1) is 32.6 Å². The van der Waals surface area contributed by atoms with Crippen LogP contribution in [0.5, 0.6) is 0 Å². The van der Waals surface area contributed by atoms with Crippen LogP contribution in [0.4, 0.5) is 0 Å². The predicted octanol–water partition coefficient (Wildman–Crippen LogP) is 3.55.